The molecule has 1 fully saturated rings. The van der Waals surface area contributed by atoms with Crippen LogP contribution in [0.3, 0.4) is 0 Å². The van der Waals surface area contributed by atoms with Gasteiger partial charge in [-0.2, -0.15) is 0 Å². The van der Waals surface area contributed by atoms with Crippen molar-refractivity contribution in [1.82, 2.24) is 0 Å². The summed E-state index contributed by atoms with van der Waals surface area (Å²) in [4.78, 5) is 11.1. The van der Waals surface area contributed by atoms with Gasteiger partial charge in [0, 0.05) is 16.0 Å². The molecule has 0 unspecified atom stereocenters. The number of aliphatic carboxylic acids is 1. The minimum atomic E-state index is -0.715. The number of hydrogen-bond acceptors (Lipinski definition) is 2. The number of benzene rings is 1. The Kier molecular flexibility index (Phi) is 1.96. The topological polar surface area (TPSA) is 46.5 Å². The second-order valence-corrected chi connectivity index (χ2v) is 4.93. The summed E-state index contributed by atoms with van der Waals surface area (Å²) in [6.07, 6.45) is 1.48. The molecule has 0 saturated heterocycles. The molecule has 1 heterocycles. The number of hydrogen-bond donors (Lipinski definition) is 1. The number of halogens is 1. The molecule has 1 N–H and O–H groups in total. The predicted molar refractivity (Wildman–Crippen MR) is 59.0 cm³/mol. The molecule has 0 radical (unpaired) electrons. The number of carboxylic acids is 1. The first kappa shape index (κ1) is 9.97. The quantitative estimate of drug-likeness (QED) is 0.818. The van der Waals surface area contributed by atoms with Gasteiger partial charge < -0.3 is 9.84 Å². The molecule has 2 atom stereocenters. The van der Waals surface area contributed by atoms with Gasteiger partial charge in [-0.3, -0.25) is 4.79 Å². The van der Waals surface area contributed by atoms with Crippen molar-refractivity contribution in [2.75, 3.05) is 6.61 Å². The molecule has 0 bridgehead atoms. The van der Waals surface area contributed by atoms with Crippen molar-refractivity contribution in [3.8, 4) is 5.75 Å². The van der Waals surface area contributed by atoms with Gasteiger partial charge in [-0.15, -0.1) is 0 Å². The van der Waals surface area contributed by atoms with Crippen molar-refractivity contribution in [2.24, 2.45) is 5.92 Å². The maximum absolute atomic E-state index is 11.1. The summed E-state index contributed by atoms with van der Waals surface area (Å²) in [6, 6.07) is 5.45. The minimum absolute atomic E-state index is 0.218. The van der Waals surface area contributed by atoms with Crippen LogP contribution in [0, 0.1) is 5.92 Å². The van der Waals surface area contributed by atoms with Gasteiger partial charge in [0.15, 0.2) is 0 Å². The van der Waals surface area contributed by atoms with Crippen LogP contribution in [0.25, 0.3) is 0 Å². The zero-order valence-electron chi connectivity index (χ0n) is 8.57. The van der Waals surface area contributed by atoms with Gasteiger partial charge in [-0.25, -0.2) is 0 Å². The predicted octanol–water partition coefficient (Wildman–Crippen LogP) is 2.46. The summed E-state index contributed by atoms with van der Waals surface area (Å²) in [5, 5.41) is 9.73. The summed E-state index contributed by atoms with van der Waals surface area (Å²) in [5.74, 6) is -0.194. The zero-order chi connectivity index (χ0) is 11.3. The first-order chi connectivity index (χ1) is 7.63. The summed E-state index contributed by atoms with van der Waals surface area (Å²) >= 11 is 5.96. The smallest absolute Gasteiger partial charge is 0.307 e. The maximum atomic E-state index is 11.1. The Morgan fingerprint density at radius 2 is 2.38 bits per heavy atom. The Morgan fingerprint density at radius 1 is 1.56 bits per heavy atom. The van der Waals surface area contributed by atoms with E-state index < -0.39 is 5.97 Å². The molecule has 1 aromatic carbocycles. The third-order valence-electron chi connectivity index (χ3n) is 3.66. The summed E-state index contributed by atoms with van der Waals surface area (Å²) < 4.78 is 5.53. The Labute approximate surface area is 98.0 Å². The Hall–Kier alpha value is -1.22. The molecule has 4 heteroatoms. The third-order valence-corrected chi connectivity index (χ3v) is 3.89. The number of ether oxygens (including phenoxy) is 1. The van der Waals surface area contributed by atoms with Crippen LogP contribution in [-0.2, 0) is 10.2 Å². The monoisotopic (exact) mass is 238 g/mol. The summed E-state index contributed by atoms with van der Waals surface area (Å²) in [5.41, 5.74) is 0.753. The molecule has 0 aromatic heterocycles. The fourth-order valence-corrected chi connectivity index (χ4v) is 2.87. The van der Waals surface area contributed by atoms with E-state index in [1.54, 1.807) is 6.07 Å². The molecule has 1 aliphatic carbocycles. The lowest BCUT2D eigenvalue weighted by Crippen LogP contribution is -2.24. The van der Waals surface area contributed by atoms with E-state index in [1.165, 1.54) is 0 Å². The van der Waals surface area contributed by atoms with Crippen molar-refractivity contribution >= 4 is 17.6 Å². The molecule has 2 aliphatic rings. The molecule has 16 heavy (non-hydrogen) atoms. The van der Waals surface area contributed by atoms with Gasteiger partial charge in [-0.05, 0) is 31.0 Å². The van der Waals surface area contributed by atoms with E-state index in [2.05, 4.69) is 0 Å². The molecule has 1 spiro atoms. The van der Waals surface area contributed by atoms with Crippen LogP contribution in [0.1, 0.15) is 18.4 Å². The fourth-order valence-electron chi connectivity index (χ4n) is 2.70. The minimum Gasteiger partial charge on any atom is -0.493 e. The van der Waals surface area contributed by atoms with Crippen molar-refractivity contribution in [2.45, 2.75) is 18.3 Å². The number of carboxylic acid groups (broad SMARTS) is 1. The first-order valence-corrected chi connectivity index (χ1v) is 5.67. The van der Waals surface area contributed by atoms with Gasteiger partial charge in [-0.1, -0.05) is 11.6 Å². The first-order valence-electron chi connectivity index (χ1n) is 5.29. The molecular formula is C12H11ClO3. The maximum Gasteiger partial charge on any atom is 0.307 e. The Morgan fingerprint density at radius 3 is 3.06 bits per heavy atom. The van der Waals surface area contributed by atoms with Crippen LogP contribution in [0.15, 0.2) is 18.2 Å². The van der Waals surface area contributed by atoms with E-state index in [4.69, 9.17) is 21.4 Å². The molecule has 3 nitrogen and oxygen atoms in total. The van der Waals surface area contributed by atoms with Gasteiger partial charge in [0.1, 0.15) is 5.75 Å². The zero-order valence-corrected chi connectivity index (χ0v) is 9.33. The molecular weight excluding hydrogens is 228 g/mol. The van der Waals surface area contributed by atoms with E-state index in [-0.39, 0.29) is 11.3 Å². The van der Waals surface area contributed by atoms with E-state index in [0.29, 0.717) is 18.1 Å². The largest absolute Gasteiger partial charge is 0.493 e. The molecule has 1 aromatic rings. The highest BCUT2D eigenvalue weighted by molar-refractivity contribution is 6.30. The average Bonchev–Trinajstić information content (AvgIpc) is 2.96. The fraction of sp³-hybridized carbons (Fsp3) is 0.417. The standard InChI is InChI=1S/C12H11ClO3/c13-7-1-2-10-8(5-7)12(3-4-16-10)6-9(12)11(14)15/h1-2,5,9H,3-4,6H2,(H,14,15)/t9-,12+/m0/s1. The van der Waals surface area contributed by atoms with E-state index in [0.717, 1.165) is 17.7 Å². The van der Waals surface area contributed by atoms with Gasteiger partial charge in [0.2, 0.25) is 0 Å². The number of fused-ring (bicyclic) bond motifs is 2. The second kappa shape index (κ2) is 3.14. The average molecular weight is 239 g/mol. The lowest BCUT2D eigenvalue weighted by Gasteiger charge is -2.26. The summed E-state index contributed by atoms with van der Waals surface area (Å²) in [6.45, 7) is 0.596. The second-order valence-electron chi connectivity index (χ2n) is 4.49. The highest BCUT2D eigenvalue weighted by atomic mass is 35.5. The third kappa shape index (κ3) is 1.24. The molecule has 1 aliphatic heterocycles. The van der Waals surface area contributed by atoms with E-state index in [1.807, 2.05) is 12.1 Å². The number of rotatable bonds is 1. The number of carbonyl (C=O) groups is 1. The molecule has 84 valence electrons. The molecule has 1 saturated carbocycles. The van der Waals surface area contributed by atoms with Crippen molar-refractivity contribution in [3.05, 3.63) is 28.8 Å². The van der Waals surface area contributed by atoms with Crippen LogP contribution in [-0.4, -0.2) is 17.7 Å². The van der Waals surface area contributed by atoms with Gasteiger partial charge in [0.25, 0.3) is 0 Å². The van der Waals surface area contributed by atoms with Crippen LogP contribution < -0.4 is 4.74 Å². The molecule has 0 amide bonds. The van der Waals surface area contributed by atoms with Crippen LogP contribution >= 0.6 is 11.6 Å². The normalized spacial score (nSPS) is 30.7. The lowest BCUT2D eigenvalue weighted by molar-refractivity contribution is -0.139. The van der Waals surface area contributed by atoms with Gasteiger partial charge >= 0.3 is 5.97 Å². The van der Waals surface area contributed by atoms with E-state index in [9.17, 15) is 4.79 Å². The Bertz CT molecular complexity index is 471. The highest BCUT2D eigenvalue weighted by Gasteiger charge is 2.61. The molecule has 3 rings (SSSR count). The Balaban J connectivity index is 2.07. The summed E-state index contributed by atoms with van der Waals surface area (Å²) in [7, 11) is 0. The van der Waals surface area contributed by atoms with Crippen molar-refractivity contribution in [3.63, 3.8) is 0 Å². The van der Waals surface area contributed by atoms with Crippen LogP contribution in [0.2, 0.25) is 5.02 Å². The lowest BCUT2D eigenvalue weighted by atomic mass is 9.87. The van der Waals surface area contributed by atoms with Crippen LogP contribution in [0.4, 0.5) is 0 Å². The van der Waals surface area contributed by atoms with E-state index >= 15 is 0 Å². The van der Waals surface area contributed by atoms with Crippen molar-refractivity contribution < 1.29 is 14.6 Å². The van der Waals surface area contributed by atoms with Crippen molar-refractivity contribution in [1.29, 1.82) is 0 Å². The van der Waals surface area contributed by atoms with Crippen LogP contribution in [0.5, 0.6) is 5.75 Å². The SMILES string of the molecule is O=C(O)[C@@H]1C[C@@]12CCOc1ccc(Cl)cc12. The highest BCUT2D eigenvalue weighted by Crippen LogP contribution is 2.60. The van der Waals surface area contributed by atoms with Gasteiger partial charge in [0.05, 0.1) is 12.5 Å².